The number of rotatable bonds is 5. The zero-order valence-corrected chi connectivity index (χ0v) is 9.09. The predicted octanol–water partition coefficient (Wildman–Crippen LogP) is 0.840. The Labute approximate surface area is 87.7 Å². The molecule has 0 spiro atoms. The molecule has 2 N–H and O–H groups in total. The number of hydrogen-bond acceptors (Lipinski definition) is 4. The van der Waals surface area contributed by atoms with Gasteiger partial charge in [-0.1, -0.05) is 0 Å². The van der Waals surface area contributed by atoms with Crippen molar-refractivity contribution in [1.82, 2.24) is 9.88 Å². The van der Waals surface area contributed by atoms with Crippen LogP contribution in [0.15, 0.2) is 10.9 Å². The quantitative estimate of drug-likeness (QED) is 0.788. The van der Waals surface area contributed by atoms with Crippen molar-refractivity contribution in [2.24, 2.45) is 5.73 Å². The molecule has 1 aromatic heterocycles. The van der Waals surface area contributed by atoms with Gasteiger partial charge in [-0.25, -0.2) is 4.98 Å². The Morgan fingerprint density at radius 1 is 1.71 bits per heavy atom. The summed E-state index contributed by atoms with van der Waals surface area (Å²) in [4.78, 5) is 17.3. The minimum Gasteiger partial charge on any atom is -0.340 e. The van der Waals surface area contributed by atoms with Gasteiger partial charge in [0, 0.05) is 18.8 Å². The first-order chi connectivity index (χ1) is 6.74. The van der Waals surface area contributed by atoms with Crippen molar-refractivity contribution in [3.63, 3.8) is 0 Å². The van der Waals surface area contributed by atoms with Gasteiger partial charge >= 0.3 is 0 Å². The number of carbonyl (C=O) groups excluding carboxylic acids is 1. The molecule has 0 aliphatic rings. The molecule has 1 rings (SSSR count). The first-order valence-corrected chi connectivity index (χ1v) is 5.49. The van der Waals surface area contributed by atoms with Crippen LogP contribution in [0.25, 0.3) is 0 Å². The molecule has 0 aliphatic carbocycles. The summed E-state index contributed by atoms with van der Waals surface area (Å²) in [5, 5.41) is 1.95. The Morgan fingerprint density at radius 2 is 2.50 bits per heavy atom. The van der Waals surface area contributed by atoms with E-state index in [-0.39, 0.29) is 5.91 Å². The van der Waals surface area contributed by atoms with E-state index in [2.05, 4.69) is 4.98 Å². The van der Waals surface area contributed by atoms with E-state index in [0.29, 0.717) is 19.5 Å². The number of nitrogens with zero attached hydrogens (tertiary/aromatic N) is 2. The monoisotopic (exact) mass is 213 g/mol. The van der Waals surface area contributed by atoms with Gasteiger partial charge in [0.15, 0.2) is 0 Å². The van der Waals surface area contributed by atoms with E-state index < -0.39 is 0 Å². The van der Waals surface area contributed by atoms with Crippen LogP contribution in [0.1, 0.15) is 18.5 Å². The van der Waals surface area contributed by atoms with Gasteiger partial charge in [0.05, 0.1) is 17.7 Å². The number of amides is 1. The first kappa shape index (κ1) is 11.1. The minimum atomic E-state index is 0.128. The van der Waals surface area contributed by atoms with Crippen LogP contribution >= 0.6 is 11.3 Å². The molecule has 78 valence electrons. The van der Waals surface area contributed by atoms with Gasteiger partial charge in [-0.2, -0.15) is 0 Å². The van der Waals surface area contributed by atoms with Crippen LogP contribution in [0.4, 0.5) is 0 Å². The van der Waals surface area contributed by atoms with E-state index in [9.17, 15) is 4.79 Å². The number of aromatic nitrogens is 1. The maximum Gasteiger partial charge on any atom is 0.222 e. The largest absolute Gasteiger partial charge is 0.340 e. The SMILES string of the molecule is CN(Cc1cscn1)C(=O)CCCN. The van der Waals surface area contributed by atoms with E-state index in [1.54, 1.807) is 28.8 Å². The van der Waals surface area contributed by atoms with Crippen molar-refractivity contribution in [2.75, 3.05) is 13.6 Å². The molecule has 5 heteroatoms. The Bertz CT molecular complexity index is 274. The van der Waals surface area contributed by atoms with Crippen molar-refractivity contribution >= 4 is 17.2 Å². The predicted molar refractivity (Wildman–Crippen MR) is 56.9 cm³/mol. The van der Waals surface area contributed by atoms with Crippen LogP contribution in [0.5, 0.6) is 0 Å². The van der Waals surface area contributed by atoms with Gasteiger partial charge in [-0.05, 0) is 13.0 Å². The fourth-order valence-corrected chi connectivity index (χ4v) is 1.64. The third kappa shape index (κ3) is 3.43. The van der Waals surface area contributed by atoms with Crippen molar-refractivity contribution < 1.29 is 4.79 Å². The number of nitrogens with two attached hydrogens (primary N) is 1. The Kier molecular flexibility index (Phi) is 4.55. The summed E-state index contributed by atoms with van der Waals surface area (Å²) in [7, 11) is 1.79. The molecule has 0 bridgehead atoms. The van der Waals surface area contributed by atoms with Gasteiger partial charge in [0.1, 0.15) is 0 Å². The van der Waals surface area contributed by atoms with Crippen molar-refractivity contribution in [2.45, 2.75) is 19.4 Å². The Morgan fingerprint density at radius 3 is 3.07 bits per heavy atom. The summed E-state index contributed by atoms with van der Waals surface area (Å²) in [5.41, 5.74) is 8.05. The molecule has 1 amide bonds. The van der Waals surface area contributed by atoms with Gasteiger partial charge in [0.2, 0.25) is 5.91 Å². The summed E-state index contributed by atoms with van der Waals surface area (Å²) in [6, 6.07) is 0. The zero-order valence-electron chi connectivity index (χ0n) is 8.27. The molecular weight excluding hydrogens is 198 g/mol. The van der Waals surface area contributed by atoms with Gasteiger partial charge in [0.25, 0.3) is 0 Å². The highest BCUT2D eigenvalue weighted by Crippen LogP contribution is 2.05. The van der Waals surface area contributed by atoms with Gasteiger partial charge in [-0.15, -0.1) is 11.3 Å². The first-order valence-electron chi connectivity index (χ1n) is 4.55. The number of hydrogen-bond donors (Lipinski definition) is 1. The highest BCUT2D eigenvalue weighted by Gasteiger charge is 2.08. The van der Waals surface area contributed by atoms with E-state index >= 15 is 0 Å². The molecule has 0 saturated carbocycles. The molecule has 4 nitrogen and oxygen atoms in total. The maximum atomic E-state index is 11.5. The highest BCUT2D eigenvalue weighted by molar-refractivity contribution is 7.07. The lowest BCUT2D eigenvalue weighted by molar-refractivity contribution is -0.130. The standard InChI is InChI=1S/C9H15N3OS/c1-12(9(13)3-2-4-10)5-8-6-14-7-11-8/h6-7H,2-5,10H2,1H3. The summed E-state index contributed by atoms with van der Waals surface area (Å²) in [6.07, 6.45) is 1.28. The lowest BCUT2D eigenvalue weighted by atomic mass is 10.3. The average Bonchev–Trinajstić information content (AvgIpc) is 2.66. The van der Waals surface area contributed by atoms with E-state index in [1.165, 1.54) is 0 Å². The van der Waals surface area contributed by atoms with Crippen LogP contribution < -0.4 is 5.73 Å². The molecule has 0 aliphatic heterocycles. The van der Waals surface area contributed by atoms with Crippen LogP contribution in [0.2, 0.25) is 0 Å². The molecule has 0 unspecified atom stereocenters. The summed E-state index contributed by atoms with van der Waals surface area (Å²) >= 11 is 1.54. The Hall–Kier alpha value is -0.940. The number of carbonyl (C=O) groups is 1. The van der Waals surface area contributed by atoms with E-state index in [1.807, 2.05) is 5.38 Å². The maximum absolute atomic E-state index is 11.5. The lowest BCUT2D eigenvalue weighted by Crippen LogP contribution is -2.26. The lowest BCUT2D eigenvalue weighted by Gasteiger charge is -2.15. The summed E-state index contributed by atoms with van der Waals surface area (Å²) in [5.74, 6) is 0.128. The van der Waals surface area contributed by atoms with Crippen LogP contribution in [-0.2, 0) is 11.3 Å². The smallest absolute Gasteiger partial charge is 0.222 e. The van der Waals surface area contributed by atoms with Gasteiger partial charge < -0.3 is 10.6 Å². The van der Waals surface area contributed by atoms with Crippen molar-refractivity contribution in [3.8, 4) is 0 Å². The normalized spacial score (nSPS) is 10.1. The number of thiazole rings is 1. The summed E-state index contributed by atoms with van der Waals surface area (Å²) in [6.45, 7) is 1.16. The second-order valence-corrected chi connectivity index (χ2v) is 3.84. The van der Waals surface area contributed by atoms with Crippen molar-refractivity contribution in [3.05, 3.63) is 16.6 Å². The second kappa shape index (κ2) is 5.72. The molecule has 0 saturated heterocycles. The fourth-order valence-electron chi connectivity index (χ4n) is 1.09. The molecule has 1 heterocycles. The third-order valence-corrected chi connectivity index (χ3v) is 2.54. The Balaban J connectivity index is 2.34. The second-order valence-electron chi connectivity index (χ2n) is 3.12. The van der Waals surface area contributed by atoms with Crippen LogP contribution in [0, 0.1) is 0 Å². The topological polar surface area (TPSA) is 59.2 Å². The van der Waals surface area contributed by atoms with Crippen LogP contribution in [-0.4, -0.2) is 29.4 Å². The van der Waals surface area contributed by atoms with E-state index in [0.717, 1.165) is 12.1 Å². The molecular formula is C9H15N3OS. The molecule has 0 aromatic carbocycles. The molecule has 14 heavy (non-hydrogen) atoms. The molecule has 0 fully saturated rings. The third-order valence-electron chi connectivity index (χ3n) is 1.90. The fraction of sp³-hybridized carbons (Fsp3) is 0.556. The molecule has 0 radical (unpaired) electrons. The summed E-state index contributed by atoms with van der Waals surface area (Å²) < 4.78 is 0. The zero-order chi connectivity index (χ0) is 10.4. The highest BCUT2D eigenvalue weighted by atomic mass is 32.1. The van der Waals surface area contributed by atoms with Crippen molar-refractivity contribution in [1.29, 1.82) is 0 Å². The van der Waals surface area contributed by atoms with Crippen LogP contribution in [0.3, 0.4) is 0 Å². The molecule has 1 aromatic rings. The van der Waals surface area contributed by atoms with E-state index in [4.69, 9.17) is 5.73 Å². The minimum absolute atomic E-state index is 0.128. The molecule has 0 atom stereocenters. The average molecular weight is 213 g/mol. The van der Waals surface area contributed by atoms with Gasteiger partial charge in [-0.3, -0.25) is 4.79 Å².